The van der Waals surface area contributed by atoms with Crippen LogP contribution in [-0.4, -0.2) is 6.54 Å². The predicted octanol–water partition coefficient (Wildman–Crippen LogP) is 4.54. The Kier molecular flexibility index (Phi) is 4.36. The fourth-order valence-electron chi connectivity index (χ4n) is 1.69. The SMILES string of the molecule is C.CC(C)CNc1cccc2ccccc12. The Labute approximate surface area is 98.5 Å². The second-order valence-electron chi connectivity index (χ2n) is 4.30. The summed E-state index contributed by atoms with van der Waals surface area (Å²) in [7, 11) is 0. The lowest BCUT2D eigenvalue weighted by molar-refractivity contribution is 0.689. The molecule has 0 saturated heterocycles. The molecule has 0 aromatic heterocycles. The lowest BCUT2D eigenvalue weighted by atomic mass is 10.1. The lowest BCUT2D eigenvalue weighted by Gasteiger charge is -2.11. The van der Waals surface area contributed by atoms with E-state index in [0.29, 0.717) is 5.92 Å². The van der Waals surface area contributed by atoms with Gasteiger partial charge in [-0.2, -0.15) is 0 Å². The van der Waals surface area contributed by atoms with Crippen molar-refractivity contribution in [1.82, 2.24) is 0 Å². The summed E-state index contributed by atoms with van der Waals surface area (Å²) in [5.74, 6) is 0.670. The number of hydrogen-bond donors (Lipinski definition) is 1. The Morgan fingerprint density at radius 2 is 1.69 bits per heavy atom. The highest BCUT2D eigenvalue weighted by Gasteiger charge is 1.99. The van der Waals surface area contributed by atoms with Crippen LogP contribution >= 0.6 is 0 Å². The zero-order valence-corrected chi connectivity index (χ0v) is 9.33. The highest BCUT2D eigenvalue weighted by atomic mass is 14.9. The van der Waals surface area contributed by atoms with Gasteiger partial charge in [0.15, 0.2) is 0 Å². The molecule has 0 bridgehead atoms. The van der Waals surface area contributed by atoms with Crippen molar-refractivity contribution in [2.75, 3.05) is 11.9 Å². The van der Waals surface area contributed by atoms with E-state index < -0.39 is 0 Å². The average Bonchev–Trinajstić information content (AvgIpc) is 2.26. The fourth-order valence-corrected chi connectivity index (χ4v) is 1.69. The Bertz CT molecular complexity index is 441. The minimum atomic E-state index is 0. The van der Waals surface area contributed by atoms with Crippen LogP contribution in [-0.2, 0) is 0 Å². The van der Waals surface area contributed by atoms with Crippen LogP contribution in [0, 0.1) is 5.92 Å². The first-order valence-corrected chi connectivity index (χ1v) is 5.49. The predicted molar refractivity (Wildman–Crippen MR) is 74.0 cm³/mol. The molecular weight excluding hydrogens is 194 g/mol. The summed E-state index contributed by atoms with van der Waals surface area (Å²) >= 11 is 0. The maximum absolute atomic E-state index is 3.49. The first-order valence-electron chi connectivity index (χ1n) is 5.49. The molecular formula is C15H21N. The topological polar surface area (TPSA) is 12.0 Å². The van der Waals surface area contributed by atoms with Crippen molar-refractivity contribution in [1.29, 1.82) is 0 Å². The highest BCUT2D eigenvalue weighted by Crippen LogP contribution is 2.22. The Hall–Kier alpha value is -1.50. The molecule has 0 fully saturated rings. The molecule has 2 aromatic carbocycles. The number of anilines is 1. The van der Waals surface area contributed by atoms with Gasteiger partial charge in [-0.1, -0.05) is 57.7 Å². The minimum Gasteiger partial charge on any atom is -0.384 e. The van der Waals surface area contributed by atoms with Crippen molar-refractivity contribution < 1.29 is 0 Å². The summed E-state index contributed by atoms with van der Waals surface area (Å²) < 4.78 is 0. The fraction of sp³-hybridized carbons (Fsp3) is 0.333. The summed E-state index contributed by atoms with van der Waals surface area (Å²) in [5, 5.41) is 6.09. The first-order chi connectivity index (χ1) is 7.27. The van der Waals surface area contributed by atoms with Gasteiger partial charge in [-0.15, -0.1) is 0 Å². The smallest absolute Gasteiger partial charge is 0.0419 e. The Balaban J connectivity index is 0.00000128. The summed E-state index contributed by atoms with van der Waals surface area (Å²) in [4.78, 5) is 0. The van der Waals surface area contributed by atoms with Crippen molar-refractivity contribution >= 4 is 16.5 Å². The third-order valence-electron chi connectivity index (χ3n) is 2.49. The second kappa shape index (κ2) is 5.55. The normalized spacial score (nSPS) is 10.2. The molecule has 0 saturated carbocycles. The highest BCUT2D eigenvalue weighted by molar-refractivity contribution is 5.93. The second-order valence-corrected chi connectivity index (χ2v) is 4.30. The molecule has 16 heavy (non-hydrogen) atoms. The van der Waals surface area contributed by atoms with Crippen LogP contribution in [0.3, 0.4) is 0 Å². The number of nitrogens with one attached hydrogen (secondary N) is 1. The van der Waals surface area contributed by atoms with Crippen molar-refractivity contribution in [3.8, 4) is 0 Å². The third-order valence-corrected chi connectivity index (χ3v) is 2.49. The van der Waals surface area contributed by atoms with Gasteiger partial charge in [0.05, 0.1) is 0 Å². The summed E-state index contributed by atoms with van der Waals surface area (Å²) in [6.45, 7) is 5.46. The van der Waals surface area contributed by atoms with E-state index in [0.717, 1.165) is 6.54 Å². The van der Waals surface area contributed by atoms with Gasteiger partial charge in [-0.3, -0.25) is 0 Å². The van der Waals surface area contributed by atoms with Gasteiger partial charge < -0.3 is 5.32 Å². The third kappa shape index (κ3) is 2.75. The van der Waals surface area contributed by atoms with Crippen LogP contribution in [0.15, 0.2) is 42.5 Å². The van der Waals surface area contributed by atoms with Crippen LogP contribution < -0.4 is 5.32 Å². The maximum Gasteiger partial charge on any atom is 0.0419 e. The van der Waals surface area contributed by atoms with Crippen LogP contribution in [0.1, 0.15) is 21.3 Å². The molecule has 2 rings (SSSR count). The molecule has 0 aliphatic heterocycles. The average molecular weight is 215 g/mol. The summed E-state index contributed by atoms with van der Waals surface area (Å²) in [5.41, 5.74) is 1.24. The van der Waals surface area contributed by atoms with Crippen LogP contribution in [0.25, 0.3) is 10.8 Å². The lowest BCUT2D eigenvalue weighted by Crippen LogP contribution is -2.07. The zero-order chi connectivity index (χ0) is 10.7. The van der Waals surface area contributed by atoms with E-state index in [1.165, 1.54) is 16.5 Å². The Morgan fingerprint density at radius 3 is 2.44 bits per heavy atom. The van der Waals surface area contributed by atoms with Crippen molar-refractivity contribution in [3.05, 3.63) is 42.5 Å². The van der Waals surface area contributed by atoms with Gasteiger partial charge in [-0.25, -0.2) is 0 Å². The number of hydrogen-bond acceptors (Lipinski definition) is 1. The molecule has 0 spiro atoms. The van der Waals surface area contributed by atoms with E-state index in [2.05, 4.69) is 61.6 Å². The van der Waals surface area contributed by atoms with E-state index in [4.69, 9.17) is 0 Å². The quantitative estimate of drug-likeness (QED) is 0.792. The summed E-state index contributed by atoms with van der Waals surface area (Å²) in [6.07, 6.45) is 0. The van der Waals surface area contributed by atoms with Gasteiger partial charge in [0.25, 0.3) is 0 Å². The molecule has 1 nitrogen and oxygen atoms in total. The van der Waals surface area contributed by atoms with Gasteiger partial charge in [-0.05, 0) is 17.4 Å². The molecule has 0 aliphatic carbocycles. The Morgan fingerprint density at radius 1 is 1.00 bits per heavy atom. The van der Waals surface area contributed by atoms with Crippen LogP contribution in [0.4, 0.5) is 5.69 Å². The number of fused-ring (bicyclic) bond motifs is 1. The van der Waals surface area contributed by atoms with E-state index in [9.17, 15) is 0 Å². The first kappa shape index (κ1) is 12.6. The zero-order valence-electron chi connectivity index (χ0n) is 9.33. The molecule has 1 heteroatoms. The van der Waals surface area contributed by atoms with Crippen LogP contribution in [0.5, 0.6) is 0 Å². The minimum absolute atomic E-state index is 0. The molecule has 0 amide bonds. The van der Waals surface area contributed by atoms with Crippen molar-refractivity contribution in [2.24, 2.45) is 5.92 Å². The largest absolute Gasteiger partial charge is 0.384 e. The monoisotopic (exact) mass is 215 g/mol. The van der Waals surface area contributed by atoms with Crippen molar-refractivity contribution in [2.45, 2.75) is 21.3 Å². The van der Waals surface area contributed by atoms with E-state index in [1.54, 1.807) is 0 Å². The molecule has 0 atom stereocenters. The molecule has 0 radical (unpaired) electrons. The standard InChI is InChI=1S/C14H17N.CH4/c1-11(2)10-15-14-9-5-7-12-6-3-4-8-13(12)14;/h3-9,11,15H,10H2,1-2H3;1H4. The number of rotatable bonds is 3. The van der Waals surface area contributed by atoms with E-state index in [-0.39, 0.29) is 7.43 Å². The molecule has 0 heterocycles. The van der Waals surface area contributed by atoms with Crippen LogP contribution in [0.2, 0.25) is 0 Å². The number of benzene rings is 2. The summed E-state index contributed by atoms with van der Waals surface area (Å²) in [6, 6.07) is 14.9. The van der Waals surface area contributed by atoms with Gasteiger partial charge in [0.2, 0.25) is 0 Å². The van der Waals surface area contributed by atoms with Crippen molar-refractivity contribution in [3.63, 3.8) is 0 Å². The molecule has 2 aromatic rings. The maximum atomic E-state index is 3.49. The molecule has 0 aliphatic rings. The van der Waals surface area contributed by atoms with E-state index >= 15 is 0 Å². The molecule has 0 unspecified atom stereocenters. The molecule has 86 valence electrons. The van der Waals surface area contributed by atoms with Gasteiger partial charge in [0.1, 0.15) is 0 Å². The molecule has 1 N–H and O–H groups in total. The van der Waals surface area contributed by atoms with Gasteiger partial charge >= 0.3 is 0 Å². The van der Waals surface area contributed by atoms with Gasteiger partial charge in [0, 0.05) is 17.6 Å². The van der Waals surface area contributed by atoms with E-state index in [1.807, 2.05) is 0 Å².